The topological polar surface area (TPSA) is 140 Å². The second-order valence-electron chi connectivity index (χ2n) is 5.87. The Morgan fingerprint density at radius 2 is 1.79 bits per heavy atom. The number of furan rings is 1. The third kappa shape index (κ3) is 4.88. The van der Waals surface area contributed by atoms with Gasteiger partial charge in [-0.25, -0.2) is 0 Å². The molecule has 0 bridgehead atoms. The molecule has 8 nitrogen and oxygen atoms in total. The van der Waals surface area contributed by atoms with Crippen LogP contribution in [0.3, 0.4) is 0 Å². The number of benzodiazepines with no additional fused rings is 1. The van der Waals surface area contributed by atoms with Crippen molar-refractivity contribution in [3.05, 3.63) is 88.8 Å². The van der Waals surface area contributed by atoms with Crippen molar-refractivity contribution < 1.29 is 14.0 Å². The maximum Gasteiger partial charge on any atom is 0.273 e. The molecule has 2 heterocycles. The highest BCUT2D eigenvalue weighted by molar-refractivity contribution is 6.29. The number of amides is 1. The van der Waals surface area contributed by atoms with Crippen LogP contribution in [-0.2, 0) is 9.63 Å². The van der Waals surface area contributed by atoms with E-state index >= 15 is 0 Å². The number of halogens is 1. The smallest absolute Gasteiger partial charge is 0.273 e. The second kappa shape index (κ2) is 9.16. The zero-order valence-corrected chi connectivity index (χ0v) is 15.9. The van der Waals surface area contributed by atoms with Crippen molar-refractivity contribution in [2.75, 3.05) is 5.32 Å². The maximum atomic E-state index is 11.8. The number of rotatable bonds is 2. The SMILES string of the molecule is N=C(ON)c1ccc(Cl)o1.NC1N=C(c2ccccc2)c2ccccc2NC1=O. The number of carbonyl (C=O) groups excluding carboxylic acids is 1. The van der Waals surface area contributed by atoms with Crippen molar-refractivity contribution >= 4 is 34.8 Å². The molecule has 0 saturated heterocycles. The van der Waals surface area contributed by atoms with E-state index in [4.69, 9.17) is 27.2 Å². The second-order valence-corrected chi connectivity index (χ2v) is 6.25. The van der Waals surface area contributed by atoms with Crippen LogP contribution in [0.25, 0.3) is 0 Å². The van der Waals surface area contributed by atoms with Crippen LogP contribution in [0.5, 0.6) is 0 Å². The first-order valence-electron chi connectivity index (χ1n) is 8.49. The number of fused-ring (bicyclic) bond motifs is 1. The largest absolute Gasteiger partial charge is 0.440 e. The first-order valence-corrected chi connectivity index (χ1v) is 8.87. The van der Waals surface area contributed by atoms with Crippen molar-refractivity contribution in [1.29, 1.82) is 5.41 Å². The van der Waals surface area contributed by atoms with Gasteiger partial charge in [0.15, 0.2) is 17.1 Å². The van der Waals surface area contributed by atoms with E-state index in [-0.39, 0.29) is 22.8 Å². The zero-order valence-electron chi connectivity index (χ0n) is 15.1. The van der Waals surface area contributed by atoms with Crippen LogP contribution in [0.2, 0.25) is 5.22 Å². The van der Waals surface area contributed by atoms with Gasteiger partial charge in [0.25, 0.3) is 11.8 Å². The van der Waals surface area contributed by atoms with Crippen LogP contribution in [0.15, 0.2) is 76.1 Å². The number of carbonyl (C=O) groups is 1. The molecule has 1 aliphatic rings. The third-order valence-corrected chi connectivity index (χ3v) is 4.14. The number of aliphatic imine (C=N–C) groups is 1. The van der Waals surface area contributed by atoms with Crippen molar-refractivity contribution in [2.45, 2.75) is 6.17 Å². The standard InChI is InChI=1S/C15H13N3O.C5H5ClN2O2/c16-14-15(19)17-12-9-5-4-8-11(12)13(18-14)10-6-2-1-3-7-10;6-4-2-1-3(9-4)5(7)10-8/h1-9,14H,16H2,(H,17,19);1-2,7H,8H2. The van der Waals surface area contributed by atoms with Gasteiger partial charge in [-0.1, -0.05) is 48.5 Å². The summed E-state index contributed by atoms with van der Waals surface area (Å²) < 4.78 is 4.77. The Hall–Kier alpha value is -3.46. The average Bonchev–Trinajstić information content (AvgIpc) is 3.14. The third-order valence-electron chi connectivity index (χ3n) is 3.94. The number of hydrogen-bond acceptors (Lipinski definition) is 7. The highest BCUT2D eigenvalue weighted by Gasteiger charge is 2.22. The van der Waals surface area contributed by atoms with E-state index in [1.807, 2.05) is 54.6 Å². The Morgan fingerprint density at radius 3 is 2.45 bits per heavy atom. The number of benzene rings is 2. The molecule has 6 N–H and O–H groups in total. The van der Waals surface area contributed by atoms with Gasteiger partial charge < -0.3 is 20.3 Å². The van der Waals surface area contributed by atoms with Crippen molar-refractivity contribution in [3.63, 3.8) is 0 Å². The van der Waals surface area contributed by atoms with Crippen LogP contribution >= 0.6 is 11.6 Å². The average molecular weight is 412 g/mol. The fourth-order valence-electron chi connectivity index (χ4n) is 2.59. The highest BCUT2D eigenvalue weighted by Crippen LogP contribution is 2.23. The van der Waals surface area contributed by atoms with E-state index < -0.39 is 6.17 Å². The van der Waals surface area contributed by atoms with Crippen molar-refractivity contribution in [2.24, 2.45) is 16.6 Å². The summed E-state index contributed by atoms with van der Waals surface area (Å²) in [6.07, 6.45) is -0.886. The predicted octanol–water partition coefficient (Wildman–Crippen LogP) is 2.91. The summed E-state index contributed by atoms with van der Waals surface area (Å²) in [5.41, 5.74) is 9.09. The van der Waals surface area contributed by atoms with Gasteiger partial charge in [-0.15, -0.1) is 0 Å². The first kappa shape index (κ1) is 20.3. The quantitative estimate of drug-likeness (QED) is 0.291. The van der Waals surface area contributed by atoms with Gasteiger partial charge in [0.05, 0.1) is 11.4 Å². The zero-order chi connectivity index (χ0) is 20.8. The summed E-state index contributed by atoms with van der Waals surface area (Å²) >= 11 is 5.40. The molecule has 4 rings (SSSR count). The Kier molecular flexibility index (Phi) is 6.40. The van der Waals surface area contributed by atoms with Gasteiger partial charge >= 0.3 is 0 Å². The summed E-state index contributed by atoms with van der Waals surface area (Å²) in [7, 11) is 0. The predicted molar refractivity (Wildman–Crippen MR) is 111 cm³/mol. The van der Waals surface area contributed by atoms with Gasteiger partial charge in [0.2, 0.25) is 0 Å². The minimum atomic E-state index is -0.886. The molecule has 1 amide bonds. The molecule has 3 aromatic rings. The summed E-state index contributed by atoms with van der Waals surface area (Å²) in [6.45, 7) is 0. The number of nitrogens with zero attached hydrogens (tertiary/aromatic N) is 1. The summed E-state index contributed by atoms with van der Waals surface area (Å²) in [6, 6.07) is 20.3. The van der Waals surface area contributed by atoms with E-state index in [0.717, 1.165) is 22.5 Å². The fraction of sp³-hybridized carbons (Fsp3) is 0.0500. The van der Waals surface area contributed by atoms with E-state index in [9.17, 15) is 4.79 Å². The van der Waals surface area contributed by atoms with Crippen LogP contribution in [0.1, 0.15) is 16.9 Å². The molecule has 1 atom stereocenters. The number of para-hydroxylation sites is 1. The van der Waals surface area contributed by atoms with Gasteiger partial charge in [-0.2, -0.15) is 5.90 Å². The molecular formula is C20H18ClN5O3. The fourth-order valence-corrected chi connectivity index (χ4v) is 2.74. The molecule has 1 unspecified atom stereocenters. The Morgan fingerprint density at radius 1 is 1.10 bits per heavy atom. The van der Waals surface area contributed by atoms with E-state index in [1.165, 1.54) is 12.1 Å². The lowest BCUT2D eigenvalue weighted by molar-refractivity contribution is -0.117. The first-order chi connectivity index (χ1) is 14.0. The molecule has 1 aliphatic heterocycles. The molecule has 2 aromatic carbocycles. The lowest BCUT2D eigenvalue weighted by Gasteiger charge is -2.09. The summed E-state index contributed by atoms with van der Waals surface area (Å²) in [5, 5.41) is 9.99. The number of nitrogens with two attached hydrogens (primary N) is 2. The van der Waals surface area contributed by atoms with E-state index in [1.54, 1.807) is 0 Å². The van der Waals surface area contributed by atoms with Crippen molar-refractivity contribution in [1.82, 2.24) is 0 Å². The molecule has 9 heteroatoms. The molecular weight excluding hydrogens is 394 g/mol. The Bertz CT molecular complexity index is 1050. The molecule has 0 saturated carbocycles. The van der Waals surface area contributed by atoms with Gasteiger partial charge in [-0.05, 0) is 29.8 Å². The monoisotopic (exact) mass is 411 g/mol. The number of hydrogen-bond donors (Lipinski definition) is 4. The lowest BCUT2D eigenvalue weighted by Crippen LogP contribution is -2.33. The minimum Gasteiger partial charge on any atom is -0.440 e. The van der Waals surface area contributed by atoms with Crippen LogP contribution in [0, 0.1) is 5.41 Å². The molecule has 29 heavy (non-hydrogen) atoms. The number of nitrogens with one attached hydrogen (secondary N) is 2. The van der Waals surface area contributed by atoms with Gasteiger partial charge in [0.1, 0.15) is 0 Å². The van der Waals surface area contributed by atoms with Gasteiger partial charge in [-0.3, -0.25) is 15.2 Å². The van der Waals surface area contributed by atoms with E-state index in [0.29, 0.717) is 0 Å². The molecule has 1 aromatic heterocycles. The van der Waals surface area contributed by atoms with Crippen LogP contribution in [0.4, 0.5) is 5.69 Å². The summed E-state index contributed by atoms with van der Waals surface area (Å²) in [4.78, 5) is 20.2. The molecule has 0 radical (unpaired) electrons. The molecule has 0 aliphatic carbocycles. The Balaban J connectivity index is 0.000000204. The Labute approximate surface area is 171 Å². The van der Waals surface area contributed by atoms with Crippen molar-refractivity contribution in [3.8, 4) is 0 Å². The van der Waals surface area contributed by atoms with Crippen LogP contribution in [-0.4, -0.2) is 23.7 Å². The molecule has 0 spiro atoms. The number of anilines is 1. The molecule has 0 fully saturated rings. The maximum absolute atomic E-state index is 11.8. The highest BCUT2D eigenvalue weighted by atomic mass is 35.5. The van der Waals surface area contributed by atoms with E-state index in [2.05, 4.69) is 21.0 Å². The normalized spacial score (nSPS) is 15.1. The van der Waals surface area contributed by atoms with Gasteiger partial charge in [0, 0.05) is 11.1 Å². The van der Waals surface area contributed by atoms with Crippen LogP contribution < -0.4 is 16.9 Å². The molecule has 148 valence electrons. The minimum absolute atomic E-state index is 0.205. The lowest BCUT2D eigenvalue weighted by atomic mass is 10.0. The summed E-state index contributed by atoms with van der Waals surface area (Å²) in [5.74, 6) is 4.36.